The fourth-order valence-corrected chi connectivity index (χ4v) is 7.23. The van der Waals surface area contributed by atoms with Crippen LogP contribution in [0, 0.1) is 0 Å². The largest absolute Gasteiger partial charge is 0.508 e. The van der Waals surface area contributed by atoms with Gasteiger partial charge in [0.25, 0.3) is 0 Å². The molecular formula is C33H64N2O5. The highest BCUT2D eigenvalue weighted by molar-refractivity contribution is 5.60. The molecule has 0 aliphatic carbocycles. The molecule has 0 aromatic rings. The number of piperidine rings is 2. The monoisotopic (exact) mass is 568 g/mol. The van der Waals surface area contributed by atoms with Gasteiger partial charge in [-0.3, -0.25) is 9.68 Å². The first kappa shape index (κ1) is 35.3. The van der Waals surface area contributed by atoms with Crippen LogP contribution in [0.4, 0.5) is 4.79 Å². The molecule has 0 spiro atoms. The SMILES string of the molecule is CCCCCCCON1C(C)(C)CC(OC(=O)OC2CC(C)(C)N(OCCCCCCC)C(C)(C)C2)CC1(C)C. The summed E-state index contributed by atoms with van der Waals surface area (Å²) >= 11 is 0. The van der Waals surface area contributed by atoms with E-state index in [4.69, 9.17) is 19.1 Å². The maximum absolute atomic E-state index is 13.0. The standard InChI is InChI=1S/C33H64N2O5/c1-11-13-15-17-19-21-37-34-30(3,4)23-27(24-31(34,5)6)39-29(36)40-28-25-32(7,8)35(33(9,10)26-28)38-22-20-18-16-14-12-2/h27-28H,11-26H2,1-10H3. The van der Waals surface area contributed by atoms with Gasteiger partial charge in [0.1, 0.15) is 12.2 Å². The molecule has 0 atom stereocenters. The van der Waals surface area contributed by atoms with E-state index < -0.39 is 6.16 Å². The van der Waals surface area contributed by atoms with Gasteiger partial charge in [-0.1, -0.05) is 65.2 Å². The Balaban J connectivity index is 1.87. The van der Waals surface area contributed by atoms with E-state index in [1.165, 1.54) is 51.4 Å². The second kappa shape index (κ2) is 15.5. The van der Waals surface area contributed by atoms with Gasteiger partial charge in [-0.05, 0) is 68.2 Å². The molecule has 0 unspecified atom stereocenters. The van der Waals surface area contributed by atoms with Gasteiger partial charge in [-0.15, -0.1) is 0 Å². The van der Waals surface area contributed by atoms with Crippen LogP contribution in [0.5, 0.6) is 0 Å². The van der Waals surface area contributed by atoms with E-state index in [0.717, 1.165) is 26.1 Å². The minimum atomic E-state index is -0.552. The van der Waals surface area contributed by atoms with Crippen LogP contribution in [-0.4, -0.2) is 63.9 Å². The molecule has 0 radical (unpaired) electrons. The van der Waals surface area contributed by atoms with Crippen molar-refractivity contribution in [1.29, 1.82) is 0 Å². The molecule has 40 heavy (non-hydrogen) atoms. The second-order valence-corrected chi connectivity index (χ2v) is 14.9. The third kappa shape index (κ3) is 10.7. The predicted octanol–water partition coefficient (Wildman–Crippen LogP) is 8.99. The van der Waals surface area contributed by atoms with Gasteiger partial charge in [0, 0.05) is 47.8 Å². The van der Waals surface area contributed by atoms with Crippen LogP contribution < -0.4 is 0 Å². The van der Waals surface area contributed by atoms with Gasteiger partial charge in [-0.2, -0.15) is 10.1 Å². The molecule has 7 heteroatoms. The molecule has 2 heterocycles. The van der Waals surface area contributed by atoms with Crippen molar-refractivity contribution >= 4 is 6.16 Å². The maximum atomic E-state index is 13.0. The van der Waals surface area contributed by atoms with Crippen molar-refractivity contribution in [2.75, 3.05) is 13.2 Å². The quantitative estimate of drug-likeness (QED) is 0.136. The average Bonchev–Trinajstić information content (AvgIpc) is 2.79. The Morgan fingerprint density at radius 1 is 0.550 bits per heavy atom. The van der Waals surface area contributed by atoms with Crippen molar-refractivity contribution in [3.8, 4) is 0 Å². The lowest BCUT2D eigenvalue weighted by molar-refractivity contribution is -0.296. The van der Waals surface area contributed by atoms with E-state index in [1.807, 2.05) is 0 Å². The number of carbonyl (C=O) groups excluding carboxylic acids is 1. The zero-order chi connectivity index (χ0) is 30.0. The highest BCUT2D eigenvalue weighted by atomic mass is 16.7. The summed E-state index contributed by atoms with van der Waals surface area (Å²) in [5, 5.41) is 4.30. The molecule has 0 N–H and O–H groups in total. The number of carbonyl (C=O) groups is 1. The van der Waals surface area contributed by atoms with Crippen LogP contribution in [-0.2, 0) is 19.1 Å². The zero-order valence-corrected chi connectivity index (χ0v) is 27.9. The van der Waals surface area contributed by atoms with Crippen molar-refractivity contribution in [2.24, 2.45) is 0 Å². The van der Waals surface area contributed by atoms with Crippen LogP contribution in [0.3, 0.4) is 0 Å². The summed E-state index contributed by atoms with van der Waals surface area (Å²) in [7, 11) is 0. The number of nitrogens with zero attached hydrogens (tertiary/aromatic N) is 2. The van der Waals surface area contributed by atoms with Gasteiger partial charge in [0.2, 0.25) is 0 Å². The van der Waals surface area contributed by atoms with Crippen molar-refractivity contribution in [2.45, 2.75) is 193 Å². The van der Waals surface area contributed by atoms with E-state index in [1.54, 1.807) is 0 Å². The summed E-state index contributed by atoms with van der Waals surface area (Å²) in [5.74, 6) is 0. The Labute approximate surface area is 246 Å². The lowest BCUT2D eigenvalue weighted by atomic mass is 9.80. The van der Waals surface area contributed by atoms with Crippen LogP contribution in [0.1, 0.15) is 159 Å². The van der Waals surface area contributed by atoms with E-state index in [0.29, 0.717) is 25.7 Å². The first-order chi connectivity index (χ1) is 18.6. The fourth-order valence-electron chi connectivity index (χ4n) is 7.23. The molecule has 2 aliphatic rings. The van der Waals surface area contributed by atoms with E-state index >= 15 is 0 Å². The molecule has 0 saturated carbocycles. The summed E-state index contributed by atoms with van der Waals surface area (Å²) in [6.45, 7) is 23.4. The lowest BCUT2D eigenvalue weighted by Crippen LogP contribution is -2.62. The van der Waals surface area contributed by atoms with Crippen molar-refractivity contribution < 1.29 is 23.9 Å². The predicted molar refractivity (Wildman–Crippen MR) is 163 cm³/mol. The Morgan fingerprint density at radius 2 is 0.850 bits per heavy atom. The first-order valence-corrected chi connectivity index (χ1v) is 16.4. The molecule has 236 valence electrons. The Hall–Kier alpha value is -0.890. The number of ether oxygens (including phenoxy) is 2. The number of hydrogen-bond acceptors (Lipinski definition) is 7. The molecule has 0 aromatic carbocycles. The number of rotatable bonds is 16. The smallest absolute Gasteiger partial charge is 0.431 e. The summed E-state index contributed by atoms with van der Waals surface area (Å²) in [6, 6.07) is 0. The van der Waals surface area contributed by atoms with Crippen molar-refractivity contribution in [1.82, 2.24) is 10.1 Å². The van der Waals surface area contributed by atoms with Crippen molar-refractivity contribution in [3.05, 3.63) is 0 Å². The Morgan fingerprint density at radius 3 is 1.15 bits per heavy atom. The molecule has 2 saturated heterocycles. The van der Waals surface area contributed by atoms with Gasteiger partial charge in [-0.25, -0.2) is 4.79 Å². The van der Waals surface area contributed by atoms with Gasteiger partial charge in [0.05, 0.1) is 13.2 Å². The third-order valence-corrected chi connectivity index (χ3v) is 8.57. The second-order valence-electron chi connectivity index (χ2n) is 14.9. The fraction of sp³-hybridized carbons (Fsp3) is 0.970. The minimum absolute atomic E-state index is 0.209. The van der Waals surface area contributed by atoms with E-state index in [2.05, 4.69) is 79.4 Å². The molecule has 2 fully saturated rings. The van der Waals surface area contributed by atoms with Crippen LogP contribution in [0.25, 0.3) is 0 Å². The van der Waals surface area contributed by atoms with Gasteiger partial charge >= 0.3 is 6.16 Å². The molecule has 0 amide bonds. The van der Waals surface area contributed by atoms with Crippen molar-refractivity contribution in [3.63, 3.8) is 0 Å². The van der Waals surface area contributed by atoms with E-state index in [-0.39, 0.29) is 34.4 Å². The summed E-state index contributed by atoms with van der Waals surface area (Å²) < 4.78 is 11.9. The zero-order valence-electron chi connectivity index (χ0n) is 27.9. The highest BCUT2D eigenvalue weighted by Crippen LogP contribution is 2.42. The first-order valence-electron chi connectivity index (χ1n) is 16.4. The number of hydroxylamine groups is 4. The molecule has 0 aromatic heterocycles. The van der Waals surface area contributed by atoms with Crippen LogP contribution >= 0.6 is 0 Å². The number of hydrogen-bond donors (Lipinski definition) is 0. The third-order valence-electron chi connectivity index (χ3n) is 8.57. The molecule has 7 nitrogen and oxygen atoms in total. The Bertz CT molecular complexity index is 655. The lowest BCUT2D eigenvalue weighted by Gasteiger charge is -2.54. The Kier molecular flexibility index (Phi) is 13.7. The average molecular weight is 569 g/mol. The van der Waals surface area contributed by atoms with Crippen LogP contribution in [0.2, 0.25) is 0 Å². The minimum Gasteiger partial charge on any atom is -0.431 e. The van der Waals surface area contributed by atoms with Gasteiger partial charge < -0.3 is 9.47 Å². The maximum Gasteiger partial charge on any atom is 0.508 e. The summed E-state index contributed by atoms with van der Waals surface area (Å²) in [4.78, 5) is 25.7. The molecule has 2 rings (SSSR count). The van der Waals surface area contributed by atoms with E-state index in [9.17, 15) is 4.79 Å². The highest BCUT2D eigenvalue weighted by Gasteiger charge is 2.50. The van der Waals surface area contributed by atoms with Gasteiger partial charge in [0.15, 0.2) is 0 Å². The normalized spacial score (nSPS) is 23.2. The molecule has 2 aliphatic heterocycles. The summed E-state index contributed by atoms with van der Waals surface area (Å²) in [6.07, 6.45) is 14.0. The molecular weight excluding hydrogens is 504 g/mol. The summed E-state index contributed by atoms with van der Waals surface area (Å²) in [5.41, 5.74) is -1.00. The topological polar surface area (TPSA) is 60.5 Å². The van der Waals surface area contributed by atoms with Crippen LogP contribution in [0.15, 0.2) is 0 Å². The molecule has 0 bridgehead atoms. The number of unbranched alkanes of at least 4 members (excludes halogenated alkanes) is 8.